The fraction of sp³-hybridized carbons (Fsp3) is 0.292. The minimum atomic E-state index is -0.126. The van der Waals surface area contributed by atoms with Crippen LogP contribution in [0, 0.1) is 0 Å². The van der Waals surface area contributed by atoms with Crippen LogP contribution in [0.4, 0.5) is 0 Å². The van der Waals surface area contributed by atoms with Crippen molar-refractivity contribution < 1.29 is 14.3 Å². The Bertz CT molecular complexity index is 1130. The first-order chi connectivity index (χ1) is 15.0. The molecule has 0 unspecified atom stereocenters. The number of piperidine rings is 1. The summed E-state index contributed by atoms with van der Waals surface area (Å²) in [7, 11) is 1.60. The molecule has 158 valence electrons. The van der Waals surface area contributed by atoms with Gasteiger partial charge in [0.2, 0.25) is 11.8 Å². The predicted octanol–water partition coefficient (Wildman–Crippen LogP) is 3.55. The van der Waals surface area contributed by atoms with E-state index in [1.807, 2.05) is 24.3 Å². The molecule has 3 aromatic rings. The summed E-state index contributed by atoms with van der Waals surface area (Å²) < 4.78 is 5.15. The van der Waals surface area contributed by atoms with Gasteiger partial charge in [0.25, 0.3) is 0 Å². The lowest BCUT2D eigenvalue weighted by Gasteiger charge is -2.31. The van der Waals surface area contributed by atoms with Gasteiger partial charge in [0.15, 0.2) is 5.78 Å². The number of ether oxygens (including phenoxy) is 1. The van der Waals surface area contributed by atoms with Gasteiger partial charge in [-0.25, -0.2) is 15.0 Å². The van der Waals surface area contributed by atoms with Crippen LogP contribution in [0.15, 0.2) is 55.0 Å². The number of carbonyl (C=O) groups is 2. The lowest BCUT2D eigenvalue weighted by molar-refractivity contribution is -0.127. The molecule has 0 radical (unpaired) electrons. The van der Waals surface area contributed by atoms with Crippen molar-refractivity contribution in [2.24, 2.45) is 0 Å². The molecule has 1 aliphatic heterocycles. The van der Waals surface area contributed by atoms with Crippen LogP contribution in [-0.4, -0.2) is 51.7 Å². The number of rotatable bonds is 5. The molecule has 0 atom stereocenters. The number of amides is 1. The van der Waals surface area contributed by atoms with Crippen molar-refractivity contribution in [3.05, 3.63) is 60.7 Å². The number of carbonyl (C=O) groups excluding carboxylic acids is 2. The van der Waals surface area contributed by atoms with Gasteiger partial charge in [0, 0.05) is 48.3 Å². The third-order valence-electron chi connectivity index (χ3n) is 5.60. The largest absolute Gasteiger partial charge is 0.481 e. The summed E-state index contributed by atoms with van der Waals surface area (Å²) in [6, 6.07) is 9.97. The van der Waals surface area contributed by atoms with E-state index in [1.165, 1.54) is 19.1 Å². The average Bonchev–Trinajstić information content (AvgIpc) is 2.82. The number of ketones is 1. The summed E-state index contributed by atoms with van der Waals surface area (Å²) in [4.78, 5) is 38.5. The van der Waals surface area contributed by atoms with Crippen molar-refractivity contribution in [2.75, 3.05) is 20.2 Å². The second kappa shape index (κ2) is 9.04. The van der Waals surface area contributed by atoms with Crippen LogP contribution in [0.5, 0.6) is 5.88 Å². The van der Waals surface area contributed by atoms with Crippen LogP contribution < -0.4 is 4.74 Å². The Morgan fingerprint density at radius 3 is 2.48 bits per heavy atom. The first kappa shape index (κ1) is 20.7. The van der Waals surface area contributed by atoms with Gasteiger partial charge in [-0.15, -0.1) is 0 Å². The SMILES string of the molecule is COc1ccc(-c2ccc3ncnc(C4CCN(C(=O)C=CC(C)=O)CC4)c3c2)cn1. The Morgan fingerprint density at radius 2 is 1.81 bits per heavy atom. The maximum atomic E-state index is 12.3. The topological polar surface area (TPSA) is 85.3 Å². The highest BCUT2D eigenvalue weighted by atomic mass is 16.5. The number of nitrogens with zero attached hydrogens (tertiary/aromatic N) is 4. The predicted molar refractivity (Wildman–Crippen MR) is 118 cm³/mol. The normalized spacial score (nSPS) is 14.8. The Balaban J connectivity index is 1.56. The molecular formula is C24H24N4O3. The van der Waals surface area contributed by atoms with Gasteiger partial charge in [-0.1, -0.05) is 6.07 Å². The van der Waals surface area contributed by atoms with Gasteiger partial charge >= 0.3 is 0 Å². The van der Waals surface area contributed by atoms with E-state index >= 15 is 0 Å². The molecule has 1 aromatic carbocycles. The number of methoxy groups -OCH3 is 1. The summed E-state index contributed by atoms with van der Waals surface area (Å²) >= 11 is 0. The number of fused-ring (bicyclic) bond motifs is 1. The van der Waals surface area contributed by atoms with Crippen LogP contribution in [0.3, 0.4) is 0 Å². The number of allylic oxidation sites excluding steroid dienone is 1. The maximum Gasteiger partial charge on any atom is 0.246 e. The summed E-state index contributed by atoms with van der Waals surface area (Å²) in [6.45, 7) is 2.71. The molecule has 1 saturated heterocycles. The van der Waals surface area contributed by atoms with Crippen molar-refractivity contribution in [2.45, 2.75) is 25.7 Å². The molecule has 0 N–H and O–H groups in total. The second-order valence-corrected chi connectivity index (χ2v) is 7.62. The zero-order valence-corrected chi connectivity index (χ0v) is 17.6. The zero-order valence-electron chi connectivity index (χ0n) is 17.6. The van der Waals surface area contributed by atoms with Crippen molar-refractivity contribution in [1.29, 1.82) is 0 Å². The molecule has 1 fully saturated rings. The maximum absolute atomic E-state index is 12.3. The highest BCUT2D eigenvalue weighted by Gasteiger charge is 2.25. The van der Waals surface area contributed by atoms with Crippen LogP contribution in [-0.2, 0) is 9.59 Å². The van der Waals surface area contributed by atoms with Gasteiger partial charge in [0.1, 0.15) is 6.33 Å². The fourth-order valence-corrected chi connectivity index (χ4v) is 3.92. The van der Waals surface area contributed by atoms with Gasteiger partial charge in [-0.05, 0) is 49.6 Å². The number of aromatic nitrogens is 3. The monoisotopic (exact) mass is 416 g/mol. The third-order valence-corrected chi connectivity index (χ3v) is 5.60. The van der Waals surface area contributed by atoms with E-state index in [9.17, 15) is 9.59 Å². The molecule has 0 saturated carbocycles. The molecule has 0 bridgehead atoms. The summed E-state index contributed by atoms with van der Waals surface area (Å²) in [6.07, 6.45) is 7.72. The van der Waals surface area contributed by atoms with E-state index in [0.29, 0.717) is 19.0 Å². The smallest absolute Gasteiger partial charge is 0.246 e. The molecule has 4 rings (SSSR count). The van der Waals surface area contributed by atoms with E-state index in [-0.39, 0.29) is 17.6 Å². The van der Waals surface area contributed by atoms with Gasteiger partial charge < -0.3 is 9.64 Å². The number of benzene rings is 1. The van der Waals surface area contributed by atoms with E-state index in [4.69, 9.17) is 4.74 Å². The van der Waals surface area contributed by atoms with Gasteiger partial charge in [-0.2, -0.15) is 0 Å². The van der Waals surface area contributed by atoms with Gasteiger partial charge in [-0.3, -0.25) is 9.59 Å². The zero-order chi connectivity index (χ0) is 21.8. The van der Waals surface area contributed by atoms with Crippen molar-refractivity contribution in [3.8, 4) is 17.0 Å². The molecule has 2 aromatic heterocycles. The van der Waals surface area contributed by atoms with Crippen LogP contribution in [0.25, 0.3) is 22.0 Å². The van der Waals surface area contributed by atoms with Crippen molar-refractivity contribution in [3.63, 3.8) is 0 Å². The average molecular weight is 416 g/mol. The Morgan fingerprint density at radius 1 is 1.03 bits per heavy atom. The molecule has 1 aliphatic rings. The first-order valence-electron chi connectivity index (χ1n) is 10.3. The van der Waals surface area contributed by atoms with E-state index < -0.39 is 0 Å². The first-order valence-corrected chi connectivity index (χ1v) is 10.3. The molecule has 0 aliphatic carbocycles. The third kappa shape index (κ3) is 4.60. The summed E-state index contributed by atoms with van der Waals surface area (Å²) in [5.74, 6) is 0.581. The summed E-state index contributed by atoms with van der Waals surface area (Å²) in [5.41, 5.74) is 3.95. The lowest BCUT2D eigenvalue weighted by atomic mass is 9.90. The van der Waals surface area contributed by atoms with Crippen LogP contribution in [0.1, 0.15) is 31.4 Å². The number of hydrogen-bond acceptors (Lipinski definition) is 6. The van der Waals surface area contributed by atoms with E-state index in [1.54, 1.807) is 24.5 Å². The highest BCUT2D eigenvalue weighted by molar-refractivity contribution is 5.96. The molecule has 7 nitrogen and oxygen atoms in total. The number of hydrogen-bond donors (Lipinski definition) is 0. The molecular weight excluding hydrogens is 392 g/mol. The molecule has 31 heavy (non-hydrogen) atoms. The molecule has 1 amide bonds. The molecule has 3 heterocycles. The second-order valence-electron chi connectivity index (χ2n) is 7.62. The standard InChI is InChI=1S/C24H24N4O3/c1-16(29)3-8-23(30)28-11-9-17(10-12-28)24-20-13-18(4-6-21(20)26-15-27-24)19-5-7-22(31-2)25-14-19/h3-8,13-15,17H,9-12H2,1-2H3. The Hall–Kier alpha value is -3.61. The van der Waals surface area contributed by atoms with Crippen LogP contribution >= 0.6 is 0 Å². The van der Waals surface area contributed by atoms with E-state index in [2.05, 4.69) is 21.0 Å². The number of pyridine rings is 1. The Kier molecular flexibility index (Phi) is 6.02. The summed E-state index contributed by atoms with van der Waals surface area (Å²) in [5, 5.41) is 1.03. The quantitative estimate of drug-likeness (QED) is 0.592. The Labute approximate surface area is 180 Å². The van der Waals surface area contributed by atoms with Crippen LogP contribution in [0.2, 0.25) is 0 Å². The molecule has 7 heteroatoms. The van der Waals surface area contributed by atoms with Crippen molar-refractivity contribution >= 4 is 22.6 Å². The minimum Gasteiger partial charge on any atom is -0.481 e. The highest BCUT2D eigenvalue weighted by Crippen LogP contribution is 2.33. The van der Waals surface area contributed by atoms with Crippen molar-refractivity contribution in [1.82, 2.24) is 19.9 Å². The number of likely N-dealkylation sites (tertiary alicyclic amines) is 1. The van der Waals surface area contributed by atoms with Gasteiger partial charge in [0.05, 0.1) is 18.3 Å². The fourth-order valence-electron chi connectivity index (χ4n) is 3.92. The minimum absolute atomic E-state index is 0.115. The lowest BCUT2D eigenvalue weighted by Crippen LogP contribution is -2.37. The van der Waals surface area contributed by atoms with E-state index in [0.717, 1.165) is 40.6 Å². The molecule has 0 spiro atoms.